The van der Waals surface area contributed by atoms with Gasteiger partial charge in [-0.3, -0.25) is 0 Å². The highest BCUT2D eigenvalue weighted by Crippen LogP contribution is 2.36. The van der Waals surface area contributed by atoms with Crippen molar-refractivity contribution in [3.8, 4) is 16.9 Å². The molecule has 0 amide bonds. The quantitative estimate of drug-likeness (QED) is 0.201. The van der Waals surface area contributed by atoms with Gasteiger partial charge in [-0.05, 0) is 85.3 Å². The van der Waals surface area contributed by atoms with Crippen molar-refractivity contribution in [3.05, 3.63) is 54.1 Å². The fourth-order valence-electron chi connectivity index (χ4n) is 5.56. The molecule has 0 N–H and O–H groups in total. The molecule has 5 nitrogen and oxygen atoms in total. The van der Waals surface area contributed by atoms with Gasteiger partial charge >= 0.3 is 5.97 Å². The first-order valence-corrected chi connectivity index (χ1v) is 14.6. The second-order valence-corrected chi connectivity index (χ2v) is 11.8. The van der Waals surface area contributed by atoms with Gasteiger partial charge in [0.2, 0.25) is 0 Å². The minimum absolute atomic E-state index is 0.0154. The van der Waals surface area contributed by atoms with Crippen molar-refractivity contribution < 1.29 is 23.7 Å². The first-order chi connectivity index (χ1) is 18.4. The number of rotatable bonds is 13. The minimum atomic E-state index is -0.211. The van der Waals surface area contributed by atoms with Crippen molar-refractivity contribution in [2.24, 2.45) is 23.2 Å². The lowest BCUT2D eigenvalue weighted by molar-refractivity contribution is -0.150. The molecule has 1 heterocycles. The minimum Gasteiger partial charge on any atom is -0.494 e. The Balaban J connectivity index is 1.19. The van der Waals surface area contributed by atoms with E-state index < -0.39 is 0 Å². The fraction of sp³-hybridized carbons (Fsp3) is 0.606. The van der Waals surface area contributed by atoms with Crippen molar-refractivity contribution >= 4 is 5.97 Å². The van der Waals surface area contributed by atoms with Crippen molar-refractivity contribution in [2.45, 2.75) is 72.3 Å². The lowest BCUT2D eigenvalue weighted by atomic mass is 9.75. The molecule has 2 aliphatic rings. The Hall–Kier alpha value is -2.37. The summed E-state index contributed by atoms with van der Waals surface area (Å²) >= 11 is 0. The van der Waals surface area contributed by atoms with Crippen molar-refractivity contribution in [1.29, 1.82) is 0 Å². The van der Waals surface area contributed by atoms with Gasteiger partial charge in [0.25, 0.3) is 0 Å². The monoisotopic (exact) mass is 522 g/mol. The standard InChI is InChI=1S/C33H46O5/c1-5-33(22-36-23-33)21-35-18-6-7-19-37-29-15-13-27(14-16-29)26-9-11-28(12-10-26)32(34)38-31-20-25(4)8-17-30(31)24(2)3/h9-16,24-25,30-31H,5-8,17-23H2,1-4H3. The number of carbonyl (C=O) groups excluding carboxylic acids is 1. The summed E-state index contributed by atoms with van der Waals surface area (Å²) in [6, 6.07) is 15.9. The molecular weight excluding hydrogens is 476 g/mol. The molecule has 1 saturated carbocycles. The van der Waals surface area contributed by atoms with E-state index in [1.165, 1.54) is 6.42 Å². The highest BCUT2D eigenvalue weighted by atomic mass is 16.5. The molecule has 3 unspecified atom stereocenters. The maximum atomic E-state index is 12.9. The number of esters is 1. The van der Waals surface area contributed by atoms with Crippen molar-refractivity contribution in [1.82, 2.24) is 0 Å². The van der Waals surface area contributed by atoms with Gasteiger partial charge in [-0.1, -0.05) is 58.4 Å². The third-order valence-corrected chi connectivity index (χ3v) is 8.45. The largest absolute Gasteiger partial charge is 0.494 e. The van der Waals surface area contributed by atoms with Crippen LogP contribution >= 0.6 is 0 Å². The number of unbranched alkanes of at least 4 members (excludes halogenated alkanes) is 1. The average molecular weight is 523 g/mol. The van der Waals surface area contributed by atoms with E-state index in [0.29, 0.717) is 29.9 Å². The van der Waals surface area contributed by atoms with E-state index in [2.05, 4.69) is 39.8 Å². The molecule has 2 aromatic rings. The van der Waals surface area contributed by atoms with Gasteiger partial charge in [0.15, 0.2) is 0 Å². The third-order valence-electron chi connectivity index (χ3n) is 8.45. The van der Waals surface area contributed by atoms with Crippen molar-refractivity contribution in [3.63, 3.8) is 0 Å². The molecule has 1 saturated heterocycles. The van der Waals surface area contributed by atoms with Gasteiger partial charge in [0.1, 0.15) is 11.9 Å². The summed E-state index contributed by atoms with van der Waals surface area (Å²) in [5.74, 6) is 2.24. The Bertz CT molecular complexity index is 988. The van der Waals surface area contributed by atoms with Gasteiger partial charge in [-0.2, -0.15) is 0 Å². The molecule has 2 fully saturated rings. The molecule has 0 spiro atoms. The number of hydrogen-bond acceptors (Lipinski definition) is 5. The van der Waals surface area contributed by atoms with Gasteiger partial charge < -0.3 is 18.9 Å². The normalized spacial score (nSPS) is 22.6. The Kier molecular flexibility index (Phi) is 10.3. The highest BCUT2D eigenvalue weighted by Gasteiger charge is 2.37. The van der Waals surface area contributed by atoms with E-state index in [4.69, 9.17) is 18.9 Å². The van der Waals surface area contributed by atoms with Crippen molar-refractivity contribution in [2.75, 3.05) is 33.0 Å². The van der Waals surface area contributed by atoms with Crippen LogP contribution in [-0.2, 0) is 14.2 Å². The van der Waals surface area contributed by atoms with Crippen LogP contribution in [0.25, 0.3) is 11.1 Å². The van der Waals surface area contributed by atoms with Crippen LogP contribution in [0.15, 0.2) is 48.5 Å². The molecule has 0 radical (unpaired) electrons. The first kappa shape index (κ1) is 28.6. The molecular formula is C33H46O5. The Morgan fingerprint density at radius 3 is 2.24 bits per heavy atom. The summed E-state index contributed by atoms with van der Waals surface area (Å²) in [5.41, 5.74) is 3.03. The van der Waals surface area contributed by atoms with Crippen LogP contribution in [0, 0.1) is 23.2 Å². The maximum Gasteiger partial charge on any atom is 0.338 e. The topological polar surface area (TPSA) is 54.0 Å². The highest BCUT2D eigenvalue weighted by molar-refractivity contribution is 5.90. The number of ether oxygens (including phenoxy) is 4. The zero-order valence-corrected chi connectivity index (χ0v) is 23.7. The van der Waals surface area contributed by atoms with E-state index in [0.717, 1.165) is 75.4 Å². The zero-order valence-electron chi connectivity index (χ0n) is 23.7. The Morgan fingerprint density at radius 1 is 0.974 bits per heavy atom. The summed E-state index contributed by atoms with van der Waals surface area (Å²) in [7, 11) is 0. The summed E-state index contributed by atoms with van der Waals surface area (Å²) in [6.45, 7) is 12.8. The SMILES string of the molecule is CCC1(COCCCCOc2ccc(-c3ccc(C(=O)OC4CC(C)CCC4C(C)C)cc3)cc2)COC1. The second-order valence-electron chi connectivity index (χ2n) is 11.8. The number of carbonyl (C=O) groups is 1. The predicted octanol–water partition coefficient (Wildman–Crippen LogP) is 7.57. The van der Waals surface area contributed by atoms with Crippen LogP contribution in [-0.4, -0.2) is 45.1 Å². The molecule has 38 heavy (non-hydrogen) atoms. The number of hydrogen-bond donors (Lipinski definition) is 0. The van der Waals surface area contributed by atoms with Crippen LogP contribution < -0.4 is 4.74 Å². The van der Waals surface area contributed by atoms with E-state index >= 15 is 0 Å². The van der Waals surface area contributed by atoms with Crippen LogP contribution in [0.2, 0.25) is 0 Å². The Labute approximate surface area is 229 Å². The molecule has 5 heteroatoms. The molecule has 2 aromatic carbocycles. The predicted molar refractivity (Wildman–Crippen MR) is 152 cm³/mol. The summed E-state index contributed by atoms with van der Waals surface area (Å²) in [5, 5.41) is 0. The Morgan fingerprint density at radius 2 is 1.63 bits per heavy atom. The number of benzene rings is 2. The van der Waals surface area contributed by atoms with E-state index in [1.807, 2.05) is 36.4 Å². The zero-order chi connectivity index (χ0) is 27.0. The molecule has 1 aliphatic heterocycles. The van der Waals surface area contributed by atoms with E-state index in [-0.39, 0.29) is 17.5 Å². The smallest absolute Gasteiger partial charge is 0.338 e. The van der Waals surface area contributed by atoms with E-state index in [1.54, 1.807) is 0 Å². The molecule has 208 valence electrons. The van der Waals surface area contributed by atoms with Gasteiger partial charge in [-0.25, -0.2) is 4.79 Å². The van der Waals surface area contributed by atoms with E-state index in [9.17, 15) is 4.79 Å². The van der Waals surface area contributed by atoms with Gasteiger partial charge in [-0.15, -0.1) is 0 Å². The average Bonchev–Trinajstić information content (AvgIpc) is 2.90. The van der Waals surface area contributed by atoms with Crippen LogP contribution in [0.3, 0.4) is 0 Å². The second kappa shape index (κ2) is 13.6. The molecule has 1 aliphatic carbocycles. The van der Waals surface area contributed by atoms with Gasteiger partial charge in [0, 0.05) is 12.0 Å². The summed E-state index contributed by atoms with van der Waals surface area (Å²) < 4.78 is 23.1. The lowest BCUT2D eigenvalue weighted by Gasteiger charge is -2.40. The van der Waals surface area contributed by atoms with Crippen LogP contribution in [0.1, 0.15) is 76.6 Å². The van der Waals surface area contributed by atoms with Crippen LogP contribution in [0.5, 0.6) is 5.75 Å². The van der Waals surface area contributed by atoms with Crippen LogP contribution in [0.4, 0.5) is 0 Å². The summed E-state index contributed by atoms with van der Waals surface area (Å²) in [4.78, 5) is 12.9. The molecule has 0 aromatic heterocycles. The molecule has 4 rings (SSSR count). The first-order valence-electron chi connectivity index (χ1n) is 14.6. The van der Waals surface area contributed by atoms with Gasteiger partial charge in [0.05, 0.1) is 32.0 Å². The third kappa shape index (κ3) is 7.60. The fourth-order valence-corrected chi connectivity index (χ4v) is 5.56. The molecule has 0 bridgehead atoms. The summed E-state index contributed by atoms with van der Waals surface area (Å²) in [6.07, 6.45) is 6.41. The lowest BCUT2D eigenvalue weighted by Crippen LogP contribution is -2.45. The maximum absolute atomic E-state index is 12.9. The molecule has 3 atom stereocenters.